The Kier molecular flexibility index (Phi) is 5.75. The first-order valence-electron chi connectivity index (χ1n) is 10.4. The minimum atomic E-state index is -3.27. The van der Waals surface area contributed by atoms with Gasteiger partial charge in [-0.2, -0.15) is 0 Å². The Morgan fingerprint density at radius 3 is 2.71 bits per heavy atom. The number of fused-ring (bicyclic) bond motifs is 4. The molecular formula is C20H31BN2O4S. The van der Waals surface area contributed by atoms with Crippen LogP contribution >= 0.6 is 0 Å². The molecule has 1 N–H and O–H groups in total. The lowest BCUT2D eigenvalue weighted by Crippen LogP contribution is -2.58. The highest BCUT2D eigenvalue weighted by Crippen LogP contribution is 2.42. The van der Waals surface area contributed by atoms with Crippen LogP contribution in [-0.2, 0) is 20.1 Å². The van der Waals surface area contributed by atoms with E-state index in [1.54, 1.807) is 0 Å². The average Bonchev–Trinajstić information content (AvgIpc) is 2.65. The van der Waals surface area contributed by atoms with E-state index in [-0.39, 0.29) is 23.5 Å². The summed E-state index contributed by atoms with van der Waals surface area (Å²) in [5.74, 6) is 0.960. The van der Waals surface area contributed by atoms with Crippen molar-refractivity contribution < 1.29 is 17.9 Å². The number of rotatable bonds is 2. The molecule has 2 bridgehead atoms. The molecule has 3 heterocycles. The number of nitrogens with zero attached hydrogens (tertiary/aromatic N) is 1. The molecule has 4 aliphatic rings. The van der Waals surface area contributed by atoms with Crippen LogP contribution in [0.2, 0.25) is 0 Å². The number of piperidine rings is 1. The lowest BCUT2D eigenvalue weighted by molar-refractivity contribution is -0.0494. The summed E-state index contributed by atoms with van der Waals surface area (Å²) in [7, 11) is -0.926. The number of hydrogen-bond acceptors (Lipinski definition) is 5. The third-order valence-corrected chi connectivity index (χ3v) is 7.45. The quantitative estimate of drug-likeness (QED) is 0.748. The molecule has 3 aliphatic heterocycles. The predicted molar refractivity (Wildman–Crippen MR) is 112 cm³/mol. The lowest BCUT2D eigenvalue weighted by atomic mass is 9.56. The van der Waals surface area contributed by atoms with Crippen LogP contribution in [0.25, 0.3) is 0 Å². The van der Waals surface area contributed by atoms with Gasteiger partial charge in [0.2, 0.25) is 10.0 Å². The summed E-state index contributed by atoms with van der Waals surface area (Å²) >= 11 is 0. The molecule has 1 aliphatic carbocycles. The first-order chi connectivity index (χ1) is 13.3. The molecule has 6 nitrogen and oxygen atoms in total. The van der Waals surface area contributed by atoms with Gasteiger partial charge in [-0.1, -0.05) is 18.2 Å². The molecule has 0 aromatic heterocycles. The van der Waals surface area contributed by atoms with Crippen molar-refractivity contribution in [3.8, 4) is 5.75 Å². The number of para-hydroxylation sites is 1. The molecule has 1 saturated carbocycles. The summed E-state index contributed by atoms with van der Waals surface area (Å²) in [6.45, 7) is 1.88. The Labute approximate surface area is 169 Å². The van der Waals surface area contributed by atoms with Crippen LogP contribution in [0, 0.1) is 0 Å². The topological polar surface area (TPSA) is 67.9 Å². The van der Waals surface area contributed by atoms with Gasteiger partial charge in [-0.25, -0.2) is 13.1 Å². The smallest absolute Gasteiger partial charge is 0.209 e. The van der Waals surface area contributed by atoms with E-state index in [0.717, 1.165) is 50.8 Å². The number of benzene rings is 1. The van der Waals surface area contributed by atoms with Crippen molar-refractivity contribution in [2.45, 2.75) is 62.0 Å². The van der Waals surface area contributed by atoms with Gasteiger partial charge in [0.1, 0.15) is 20.3 Å². The van der Waals surface area contributed by atoms with E-state index < -0.39 is 10.0 Å². The SMILES string of the molecule is B[C@]12CC[C@H](CC1)OC[C@H]1[C@@H](NS(C)(=O)=O)CCCN1COc1ccccc12. The first kappa shape index (κ1) is 20.2. The van der Waals surface area contributed by atoms with E-state index in [0.29, 0.717) is 13.3 Å². The monoisotopic (exact) mass is 406 g/mol. The van der Waals surface area contributed by atoms with Gasteiger partial charge in [-0.3, -0.25) is 4.90 Å². The first-order valence-corrected chi connectivity index (χ1v) is 12.3. The standard InChI is InChI=1S/C20H31BN2O4S/c1-28(24,25)22-17-6-4-12-23-14-27-19-7-3-2-5-16(19)20(21)10-8-15(9-11-20)26-13-18(17)23/h2-3,5,7,15,17-18,22H,4,6,8-14,21H2,1H3/t15-,17-,18-,20-/m0/s1. The molecule has 2 fully saturated rings. The fourth-order valence-corrected chi connectivity index (χ4v) is 5.89. The fraction of sp³-hybridized carbons (Fsp3) is 0.700. The lowest BCUT2D eigenvalue weighted by Gasteiger charge is -2.44. The molecule has 8 heteroatoms. The van der Waals surface area contributed by atoms with Gasteiger partial charge in [0.15, 0.2) is 0 Å². The number of sulfonamides is 1. The van der Waals surface area contributed by atoms with Gasteiger partial charge < -0.3 is 9.47 Å². The zero-order valence-corrected chi connectivity index (χ0v) is 17.7. The normalized spacial score (nSPS) is 34.4. The third kappa shape index (κ3) is 4.40. The molecule has 1 saturated heterocycles. The van der Waals surface area contributed by atoms with Crippen molar-refractivity contribution in [2.24, 2.45) is 0 Å². The van der Waals surface area contributed by atoms with E-state index in [1.165, 1.54) is 11.8 Å². The Hall–Kier alpha value is -1.09. The van der Waals surface area contributed by atoms with Crippen LogP contribution < -0.4 is 9.46 Å². The number of ether oxygens (including phenoxy) is 2. The molecule has 2 atom stereocenters. The molecule has 1 aromatic carbocycles. The average molecular weight is 406 g/mol. The van der Waals surface area contributed by atoms with Crippen LogP contribution in [-0.4, -0.2) is 65.5 Å². The highest BCUT2D eigenvalue weighted by atomic mass is 32.2. The Morgan fingerprint density at radius 2 is 1.96 bits per heavy atom. The Morgan fingerprint density at radius 1 is 1.21 bits per heavy atom. The van der Waals surface area contributed by atoms with Gasteiger partial charge in [0.05, 0.1) is 25.0 Å². The van der Waals surface area contributed by atoms with Gasteiger partial charge in [-0.15, -0.1) is 0 Å². The second kappa shape index (κ2) is 7.97. The summed E-state index contributed by atoms with van der Waals surface area (Å²) in [4.78, 5) is 2.24. The molecule has 154 valence electrons. The van der Waals surface area contributed by atoms with Crippen LogP contribution in [0.3, 0.4) is 0 Å². The number of nitrogens with one attached hydrogen (secondary N) is 1. The fourth-order valence-electron chi connectivity index (χ4n) is 5.06. The minimum Gasteiger partial charge on any atom is -0.478 e. The Balaban J connectivity index is 1.63. The molecule has 0 unspecified atom stereocenters. The van der Waals surface area contributed by atoms with Crippen molar-refractivity contribution in [2.75, 3.05) is 26.1 Å². The maximum absolute atomic E-state index is 11.9. The second-order valence-corrected chi connectivity index (χ2v) is 10.7. The molecule has 1 aromatic rings. The molecule has 0 amide bonds. The molecule has 0 radical (unpaired) electrons. The maximum Gasteiger partial charge on any atom is 0.209 e. The summed E-state index contributed by atoms with van der Waals surface area (Å²) in [5, 5.41) is 0.122. The minimum absolute atomic E-state index is 0.0108. The third-order valence-electron chi connectivity index (χ3n) is 6.72. The molecule has 0 spiro atoms. The van der Waals surface area contributed by atoms with Crippen LogP contribution in [0.15, 0.2) is 24.3 Å². The van der Waals surface area contributed by atoms with Gasteiger partial charge in [0, 0.05) is 12.6 Å². The van der Waals surface area contributed by atoms with Crippen molar-refractivity contribution in [1.29, 1.82) is 0 Å². The summed E-state index contributed by atoms with van der Waals surface area (Å²) in [6.07, 6.45) is 7.48. The van der Waals surface area contributed by atoms with E-state index in [9.17, 15) is 8.42 Å². The van der Waals surface area contributed by atoms with E-state index >= 15 is 0 Å². The van der Waals surface area contributed by atoms with E-state index in [4.69, 9.17) is 9.47 Å². The summed E-state index contributed by atoms with van der Waals surface area (Å²) in [6, 6.07) is 8.24. The molecular weight excluding hydrogens is 375 g/mol. The zero-order chi connectivity index (χ0) is 19.8. The van der Waals surface area contributed by atoms with Gasteiger partial charge >= 0.3 is 0 Å². The van der Waals surface area contributed by atoms with Gasteiger partial charge in [-0.05, 0) is 55.5 Å². The largest absolute Gasteiger partial charge is 0.478 e. The highest BCUT2D eigenvalue weighted by Gasteiger charge is 2.38. The summed E-state index contributed by atoms with van der Waals surface area (Å²) < 4.78 is 39.2. The Bertz CT molecular complexity index is 795. The van der Waals surface area contributed by atoms with Crippen molar-refractivity contribution in [3.05, 3.63) is 29.8 Å². The number of hydrogen-bond donors (Lipinski definition) is 1. The van der Waals surface area contributed by atoms with E-state index in [2.05, 4.69) is 35.7 Å². The highest BCUT2D eigenvalue weighted by molar-refractivity contribution is 7.88. The maximum atomic E-state index is 11.9. The molecule has 28 heavy (non-hydrogen) atoms. The van der Waals surface area contributed by atoms with Crippen LogP contribution in [0.1, 0.15) is 44.1 Å². The summed E-state index contributed by atoms with van der Waals surface area (Å²) in [5.41, 5.74) is 1.29. The molecule has 5 rings (SSSR count). The van der Waals surface area contributed by atoms with Crippen molar-refractivity contribution in [3.63, 3.8) is 0 Å². The van der Waals surface area contributed by atoms with Crippen molar-refractivity contribution >= 4 is 17.9 Å². The van der Waals surface area contributed by atoms with E-state index in [1.807, 2.05) is 6.07 Å². The van der Waals surface area contributed by atoms with Gasteiger partial charge in [0.25, 0.3) is 0 Å². The van der Waals surface area contributed by atoms with Crippen LogP contribution in [0.5, 0.6) is 5.75 Å². The second-order valence-electron chi connectivity index (χ2n) is 8.88. The zero-order valence-electron chi connectivity index (χ0n) is 16.9. The van der Waals surface area contributed by atoms with Crippen molar-refractivity contribution in [1.82, 2.24) is 9.62 Å². The van der Waals surface area contributed by atoms with Crippen LogP contribution in [0.4, 0.5) is 0 Å². The predicted octanol–water partition coefficient (Wildman–Crippen LogP) is 1.21.